The molecule has 2 aromatic carbocycles. The minimum absolute atomic E-state index is 0.194. The van der Waals surface area contributed by atoms with E-state index in [0.29, 0.717) is 41.7 Å². The minimum atomic E-state index is -0.314. The number of halogens is 1. The van der Waals surface area contributed by atoms with Gasteiger partial charge < -0.3 is 19.7 Å². The van der Waals surface area contributed by atoms with Gasteiger partial charge in [-0.1, -0.05) is 23.7 Å². The first kappa shape index (κ1) is 17.4. The van der Waals surface area contributed by atoms with Crippen molar-refractivity contribution in [2.75, 3.05) is 25.1 Å². The van der Waals surface area contributed by atoms with Crippen LogP contribution in [0.4, 0.5) is 10.5 Å². The summed E-state index contributed by atoms with van der Waals surface area (Å²) in [5.74, 6) is 0.466. The second kappa shape index (κ2) is 7.32. The van der Waals surface area contributed by atoms with E-state index in [1.165, 1.54) is 0 Å². The van der Waals surface area contributed by atoms with Crippen molar-refractivity contribution in [3.05, 3.63) is 64.2 Å². The van der Waals surface area contributed by atoms with Crippen molar-refractivity contribution >= 4 is 35.4 Å². The maximum atomic E-state index is 12.6. The standard InChI is InChI=1S/C20H17ClN2O4/c21-16-4-5-18-14(10-16)9-15(12-27-18)19(24)22-17-3-1-2-13(8-17)11-23-6-7-26-20(23)25/h1-5,8-10H,6-7,11-12H2,(H,22,24). The van der Waals surface area contributed by atoms with Crippen LogP contribution in [-0.4, -0.2) is 36.7 Å². The van der Waals surface area contributed by atoms with Crippen molar-refractivity contribution in [3.8, 4) is 5.75 Å². The average Bonchev–Trinajstić information content (AvgIpc) is 3.06. The molecule has 2 heterocycles. The summed E-state index contributed by atoms with van der Waals surface area (Å²) in [4.78, 5) is 25.8. The Morgan fingerprint density at radius 3 is 2.89 bits per heavy atom. The lowest BCUT2D eigenvalue weighted by Gasteiger charge is -2.18. The molecule has 0 atom stereocenters. The molecule has 1 N–H and O–H groups in total. The van der Waals surface area contributed by atoms with E-state index in [1.54, 1.807) is 35.2 Å². The first-order chi connectivity index (χ1) is 13.1. The highest BCUT2D eigenvalue weighted by Crippen LogP contribution is 2.29. The number of hydrogen-bond acceptors (Lipinski definition) is 4. The van der Waals surface area contributed by atoms with Crippen LogP contribution in [0.25, 0.3) is 6.08 Å². The fourth-order valence-electron chi connectivity index (χ4n) is 3.03. The number of nitrogens with zero attached hydrogens (tertiary/aromatic N) is 1. The fraction of sp³-hybridized carbons (Fsp3) is 0.200. The van der Waals surface area contributed by atoms with Crippen LogP contribution in [0.2, 0.25) is 5.02 Å². The Balaban J connectivity index is 1.47. The van der Waals surface area contributed by atoms with Gasteiger partial charge in [0.2, 0.25) is 0 Å². The molecular formula is C20H17ClN2O4. The van der Waals surface area contributed by atoms with Gasteiger partial charge in [0, 0.05) is 22.8 Å². The number of amides is 2. The molecule has 138 valence electrons. The quantitative estimate of drug-likeness (QED) is 0.872. The lowest BCUT2D eigenvalue weighted by atomic mass is 10.1. The Hall–Kier alpha value is -2.99. The third-order valence-corrected chi connectivity index (χ3v) is 4.61. The van der Waals surface area contributed by atoms with Crippen molar-refractivity contribution in [2.45, 2.75) is 6.54 Å². The van der Waals surface area contributed by atoms with Crippen LogP contribution in [0.5, 0.6) is 5.75 Å². The molecule has 2 aromatic rings. The maximum Gasteiger partial charge on any atom is 0.410 e. The van der Waals surface area contributed by atoms with Crippen LogP contribution in [0.3, 0.4) is 0 Å². The molecule has 0 spiro atoms. The summed E-state index contributed by atoms with van der Waals surface area (Å²) in [5, 5.41) is 3.47. The molecule has 2 amide bonds. The molecule has 1 saturated heterocycles. The summed E-state index contributed by atoms with van der Waals surface area (Å²) in [6, 6.07) is 12.7. The van der Waals surface area contributed by atoms with Crippen LogP contribution in [0.15, 0.2) is 48.0 Å². The molecule has 6 nitrogen and oxygen atoms in total. The Morgan fingerprint density at radius 2 is 2.07 bits per heavy atom. The van der Waals surface area contributed by atoms with E-state index in [4.69, 9.17) is 21.1 Å². The topological polar surface area (TPSA) is 67.9 Å². The second-order valence-corrected chi connectivity index (χ2v) is 6.77. The first-order valence-electron chi connectivity index (χ1n) is 8.53. The lowest BCUT2D eigenvalue weighted by Crippen LogP contribution is -2.24. The van der Waals surface area contributed by atoms with Crippen LogP contribution in [0.1, 0.15) is 11.1 Å². The number of hydrogen-bond donors (Lipinski definition) is 1. The van der Waals surface area contributed by atoms with Crippen LogP contribution in [-0.2, 0) is 16.1 Å². The summed E-state index contributed by atoms with van der Waals surface area (Å²) in [5.41, 5.74) is 2.86. The van der Waals surface area contributed by atoms with E-state index in [9.17, 15) is 9.59 Å². The molecule has 0 aliphatic carbocycles. The van der Waals surface area contributed by atoms with Crippen LogP contribution in [0, 0.1) is 0 Å². The van der Waals surface area contributed by atoms with E-state index < -0.39 is 0 Å². The highest BCUT2D eigenvalue weighted by molar-refractivity contribution is 6.30. The Bertz CT molecular complexity index is 941. The van der Waals surface area contributed by atoms with Crippen molar-refractivity contribution in [1.82, 2.24) is 4.90 Å². The molecule has 27 heavy (non-hydrogen) atoms. The summed E-state index contributed by atoms with van der Waals surface area (Å²) in [7, 11) is 0. The molecule has 0 unspecified atom stereocenters. The molecule has 2 aliphatic rings. The van der Waals surface area contributed by atoms with E-state index in [-0.39, 0.29) is 18.6 Å². The zero-order valence-corrected chi connectivity index (χ0v) is 15.2. The lowest BCUT2D eigenvalue weighted by molar-refractivity contribution is -0.113. The zero-order valence-electron chi connectivity index (χ0n) is 14.4. The van der Waals surface area contributed by atoms with Gasteiger partial charge in [-0.15, -0.1) is 0 Å². The number of nitrogens with one attached hydrogen (secondary N) is 1. The number of rotatable bonds is 4. The molecule has 4 rings (SSSR count). The SMILES string of the molecule is O=C(Nc1cccc(CN2CCOC2=O)c1)C1=Cc2cc(Cl)ccc2OC1. The molecular weight excluding hydrogens is 368 g/mol. The number of benzene rings is 2. The predicted octanol–water partition coefficient (Wildman–Crippen LogP) is 3.71. The monoisotopic (exact) mass is 384 g/mol. The van der Waals surface area contributed by atoms with Crippen LogP contribution < -0.4 is 10.1 Å². The third-order valence-electron chi connectivity index (χ3n) is 4.38. The van der Waals surface area contributed by atoms with Gasteiger partial charge >= 0.3 is 6.09 Å². The maximum absolute atomic E-state index is 12.6. The van der Waals surface area contributed by atoms with Gasteiger partial charge in [0.1, 0.15) is 19.0 Å². The van der Waals surface area contributed by atoms with Crippen molar-refractivity contribution in [3.63, 3.8) is 0 Å². The fourth-order valence-corrected chi connectivity index (χ4v) is 3.21. The van der Waals surface area contributed by atoms with Gasteiger partial charge in [0.05, 0.1) is 12.1 Å². The first-order valence-corrected chi connectivity index (χ1v) is 8.91. The second-order valence-electron chi connectivity index (χ2n) is 6.33. The van der Waals surface area contributed by atoms with Gasteiger partial charge in [-0.2, -0.15) is 0 Å². The third kappa shape index (κ3) is 3.90. The predicted molar refractivity (Wildman–Crippen MR) is 102 cm³/mol. The normalized spacial score (nSPS) is 15.5. The van der Waals surface area contributed by atoms with E-state index in [1.807, 2.05) is 18.2 Å². The van der Waals surface area contributed by atoms with Gasteiger partial charge in [0.25, 0.3) is 5.91 Å². The molecule has 0 saturated carbocycles. The van der Waals surface area contributed by atoms with Gasteiger partial charge in [-0.3, -0.25) is 4.79 Å². The highest BCUT2D eigenvalue weighted by atomic mass is 35.5. The highest BCUT2D eigenvalue weighted by Gasteiger charge is 2.22. The summed E-state index contributed by atoms with van der Waals surface area (Å²) in [6.07, 6.45) is 1.47. The Morgan fingerprint density at radius 1 is 1.19 bits per heavy atom. The number of ether oxygens (including phenoxy) is 2. The van der Waals surface area contributed by atoms with Crippen molar-refractivity contribution < 1.29 is 19.1 Å². The van der Waals surface area contributed by atoms with E-state index in [2.05, 4.69) is 5.32 Å². The van der Waals surface area contributed by atoms with Gasteiger partial charge in [0.15, 0.2) is 0 Å². The van der Waals surface area contributed by atoms with E-state index in [0.717, 1.165) is 11.1 Å². The number of anilines is 1. The number of cyclic esters (lactones) is 1. The van der Waals surface area contributed by atoms with E-state index >= 15 is 0 Å². The summed E-state index contributed by atoms with van der Waals surface area (Å²) < 4.78 is 10.6. The molecule has 2 aliphatic heterocycles. The molecule has 0 radical (unpaired) electrons. The largest absolute Gasteiger partial charge is 0.488 e. The summed E-state index contributed by atoms with van der Waals surface area (Å²) >= 11 is 6.01. The Kier molecular flexibility index (Phi) is 4.73. The molecule has 1 fully saturated rings. The smallest absolute Gasteiger partial charge is 0.410 e. The van der Waals surface area contributed by atoms with Gasteiger partial charge in [-0.25, -0.2) is 4.79 Å². The molecule has 0 aromatic heterocycles. The van der Waals surface area contributed by atoms with Crippen molar-refractivity contribution in [1.29, 1.82) is 0 Å². The minimum Gasteiger partial charge on any atom is -0.488 e. The summed E-state index contributed by atoms with van der Waals surface area (Å²) in [6.45, 7) is 1.62. The molecule has 7 heteroatoms. The number of carbonyl (C=O) groups is 2. The van der Waals surface area contributed by atoms with Crippen molar-refractivity contribution in [2.24, 2.45) is 0 Å². The molecule has 0 bridgehead atoms. The van der Waals surface area contributed by atoms with Gasteiger partial charge in [-0.05, 0) is 42.0 Å². The number of fused-ring (bicyclic) bond motifs is 1. The zero-order chi connectivity index (χ0) is 18.8. The van der Waals surface area contributed by atoms with Crippen LogP contribution >= 0.6 is 11.6 Å². The average molecular weight is 385 g/mol. The number of carbonyl (C=O) groups excluding carboxylic acids is 2. The Labute approximate surface area is 161 Å².